The zero-order valence-corrected chi connectivity index (χ0v) is 12.4. The van der Waals surface area contributed by atoms with Crippen molar-refractivity contribution in [2.24, 2.45) is 0 Å². The number of Topliss-reactive ketones (excluding diaryl/α,β-unsaturated/α-hetero) is 1. The molecule has 0 saturated heterocycles. The van der Waals surface area contributed by atoms with E-state index in [0.29, 0.717) is 22.0 Å². The molecule has 0 spiro atoms. The van der Waals surface area contributed by atoms with Gasteiger partial charge in [0, 0.05) is 12.0 Å². The van der Waals surface area contributed by atoms with Crippen LogP contribution in [-0.2, 0) is 0 Å². The Morgan fingerprint density at radius 2 is 1.72 bits per heavy atom. The van der Waals surface area contributed by atoms with E-state index >= 15 is 0 Å². The van der Waals surface area contributed by atoms with Crippen molar-refractivity contribution in [3.63, 3.8) is 0 Å². The molecule has 0 atom stereocenters. The van der Waals surface area contributed by atoms with Crippen LogP contribution in [0.1, 0.15) is 62.2 Å². The number of carbonyl (C=O) groups excluding carboxylic acids is 1. The van der Waals surface area contributed by atoms with Gasteiger partial charge in [-0.05, 0) is 18.6 Å². The molecule has 3 heteroatoms. The maximum absolute atomic E-state index is 12.0. The summed E-state index contributed by atoms with van der Waals surface area (Å²) in [6.45, 7) is 2.20. The van der Waals surface area contributed by atoms with Crippen molar-refractivity contribution in [3.05, 3.63) is 33.8 Å². The molecular formula is C15H20Cl2O. The summed E-state index contributed by atoms with van der Waals surface area (Å²) in [4.78, 5) is 12.0. The van der Waals surface area contributed by atoms with Gasteiger partial charge >= 0.3 is 0 Å². The lowest BCUT2D eigenvalue weighted by atomic mass is 10.0. The van der Waals surface area contributed by atoms with E-state index in [1.54, 1.807) is 18.2 Å². The summed E-state index contributed by atoms with van der Waals surface area (Å²) in [6.07, 6.45) is 7.62. The molecule has 1 rings (SSSR count). The Hall–Kier alpha value is -0.530. The van der Waals surface area contributed by atoms with Gasteiger partial charge in [0.25, 0.3) is 0 Å². The first-order valence-electron chi connectivity index (χ1n) is 6.64. The van der Waals surface area contributed by atoms with Gasteiger partial charge in [-0.25, -0.2) is 0 Å². The Labute approximate surface area is 119 Å². The zero-order chi connectivity index (χ0) is 13.4. The van der Waals surface area contributed by atoms with E-state index in [9.17, 15) is 4.79 Å². The summed E-state index contributed by atoms with van der Waals surface area (Å²) in [7, 11) is 0. The first-order valence-corrected chi connectivity index (χ1v) is 7.39. The van der Waals surface area contributed by atoms with Crippen molar-refractivity contribution in [3.8, 4) is 0 Å². The molecule has 0 radical (unpaired) electrons. The van der Waals surface area contributed by atoms with Gasteiger partial charge < -0.3 is 0 Å². The van der Waals surface area contributed by atoms with Crippen molar-refractivity contribution < 1.29 is 4.79 Å². The summed E-state index contributed by atoms with van der Waals surface area (Å²) >= 11 is 11.9. The smallest absolute Gasteiger partial charge is 0.164 e. The molecule has 1 aromatic carbocycles. The fraction of sp³-hybridized carbons (Fsp3) is 0.533. The van der Waals surface area contributed by atoms with Gasteiger partial charge in [-0.15, -0.1) is 0 Å². The van der Waals surface area contributed by atoms with Gasteiger partial charge in [0.05, 0.1) is 10.0 Å². The van der Waals surface area contributed by atoms with Crippen molar-refractivity contribution in [2.75, 3.05) is 0 Å². The van der Waals surface area contributed by atoms with E-state index in [-0.39, 0.29) is 5.78 Å². The molecule has 18 heavy (non-hydrogen) atoms. The number of rotatable bonds is 8. The second-order valence-electron chi connectivity index (χ2n) is 4.54. The number of carbonyl (C=O) groups is 1. The van der Waals surface area contributed by atoms with Crippen molar-refractivity contribution in [1.29, 1.82) is 0 Å². The van der Waals surface area contributed by atoms with E-state index in [2.05, 4.69) is 6.92 Å². The van der Waals surface area contributed by atoms with Crippen LogP contribution in [0, 0.1) is 0 Å². The van der Waals surface area contributed by atoms with E-state index in [1.807, 2.05) is 0 Å². The molecule has 0 saturated carbocycles. The average Bonchev–Trinajstić information content (AvgIpc) is 2.36. The van der Waals surface area contributed by atoms with Crippen LogP contribution in [0.3, 0.4) is 0 Å². The minimum atomic E-state index is 0.0954. The van der Waals surface area contributed by atoms with Crippen LogP contribution in [-0.4, -0.2) is 5.78 Å². The Morgan fingerprint density at radius 3 is 2.44 bits per heavy atom. The van der Waals surface area contributed by atoms with Gasteiger partial charge in [0.15, 0.2) is 5.78 Å². The minimum Gasteiger partial charge on any atom is -0.294 e. The summed E-state index contributed by atoms with van der Waals surface area (Å²) < 4.78 is 0. The molecule has 0 heterocycles. The summed E-state index contributed by atoms with van der Waals surface area (Å²) in [5.41, 5.74) is 0.553. The fourth-order valence-electron chi connectivity index (χ4n) is 1.92. The molecule has 0 N–H and O–H groups in total. The SMILES string of the molecule is CCCCCCCCC(=O)c1cccc(Cl)c1Cl. The molecule has 100 valence electrons. The first kappa shape index (κ1) is 15.5. The molecule has 0 aromatic heterocycles. The van der Waals surface area contributed by atoms with Crippen LogP contribution in [0.5, 0.6) is 0 Å². The van der Waals surface area contributed by atoms with Gasteiger partial charge in [-0.2, -0.15) is 0 Å². The van der Waals surface area contributed by atoms with Gasteiger partial charge in [-0.1, -0.05) is 68.3 Å². The lowest BCUT2D eigenvalue weighted by Gasteiger charge is -2.05. The minimum absolute atomic E-state index is 0.0954. The maximum Gasteiger partial charge on any atom is 0.164 e. The van der Waals surface area contributed by atoms with E-state index in [4.69, 9.17) is 23.2 Å². The highest BCUT2D eigenvalue weighted by atomic mass is 35.5. The Kier molecular flexibility index (Phi) is 7.38. The number of hydrogen-bond acceptors (Lipinski definition) is 1. The maximum atomic E-state index is 12.0. The molecule has 0 unspecified atom stereocenters. The van der Waals surface area contributed by atoms with Gasteiger partial charge in [0.1, 0.15) is 0 Å². The molecule has 0 aliphatic rings. The highest BCUT2D eigenvalue weighted by Gasteiger charge is 2.11. The van der Waals surface area contributed by atoms with Crippen LogP contribution in [0.15, 0.2) is 18.2 Å². The van der Waals surface area contributed by atoms with Crippen molar-refractivity contribution in [1.82, 2.24) is 0 Å². The quantitative estimate of drug-likeness (QED) is 0.428. The molecule has 0 amide bonds. The highest BCUT2D eigenvalue weighted by molar-refractivity contribution is 6.43. The van der Waals surface area contributed by atoms with E-state index < -0.39 is 0 Å². The monoisotopic (exact) mass is 286 g/mol. The number of ketones is 1. The third kappa shape index (κ3) is 4.99. The number of halogens is 2. The lowest BCUT2D eigenvalue weighted by Crippen LogP contribution is -2.00. The molecule has 1 aromatic rings. The second kappa shape index (κ2) is 8.55. The third-order valence-electron chi connectivity index (χ3n) is 3.01. The second-order valence-corrected chi connectivity index (χ2v) is 5.33. The predicted octanol–water partition coefficient (Wildman–Crippen LogP) is 5.93. The fourth-order valence-corrected chi connectivity index (χ4v) is 2.33. The van der Waals surface area contributed by atoms with Crippen molar-refractivity contribution in [2.45, 2.75) is 51.9 Å². The first-order chi connectivity index (χ1) is 8.66. The van der Waals surface area contributed by atoms with Gasteiger partial charge in [0.2, 0.25) is 0 Å². The van der Waals surface area contributed by atoms with Crippen LogP contribution < -0.4 is 0 Å². The van der Waals surface area contributed by atoms with E-state index in [1.165, 1.54) is 25.7 Å². The van der Waals surface area contributed by atoms with Gasteiger partial charge in [-0.3, -0.25) is 4.79 Å². The van der Waals surface area contributed by atoms with Crippen molar-refractivity contribution >= 4 is 29.0 Å². The van der Waals surface area contributed by atoms with Crippen LogP contribution in [0.4, 0.5) is 0 Å². The van der Waals surface area contributed by atoms with E-state index in [0.717, 1.165) is 12.8 Å². The predicted molar refractivity (Wildman–Crippen MR) is 78.8 cm³/mol. The number of hydrogen-bond donors (Lipinski definition) is 0. The van der Waals surface area contributed by atoms with Crippen LogP contribution in [0.25, 0.3) is 0 Å². The Morgan fingerprint density at radius 1 is 1.06 bits per heavy atom. The summed E-state index contributed by atoms with van der Waals surface area (Å²) in [5, 5.41) is 0.834. The molecule has 0 aliphatic heterocycles. The van der Waals surface area contributed by atoms with Crippen LogP contribution in [0.2, 0.25) is 10.0 Å². The Bertz CT molecular complexity index is 388. The Balaban J connectivity index is 2.35. The normalized spacial score (nSPS) is 10.6. The summed E-state index contributed by atoms with van der Waals surface area (Å²) in [5.74, 6) is 0.0954. The zero-order valence-electron chi connectivity index (χ0n) is 10.8. The standard InChI is InChI=1S/C15H20Cl2O/c1-2-3-4-5-6-7-11-14(18)12-9-8-10-13(16)15(12)17/h8-10H,2-7,11H2,1H3. The molecule has 0 aliphatic carbocycles. The molecular weight excluding hydrogens is 267 g/mol. The lowest BCUT2D eigenvalue weighted by molar-refractivity contribution is 0.0979. The number of benzene rings is 1. The van der Waals surface area contributed by atoms with Crippen LogP contribution >= 0.6 is 23.2 Å². The molecule has 0 fully saturated rings. The third-order valence-corrected chi connectivity index (χ3v) is 3.83. The highest BCUT2D eigenvalue weighted by Crippen LogP contribution is 2.26. The average molecular weight is 287 g/mol. The number of unbranched alkanes of at least 4 members (excludes halogenated alkanes) is 5. The molecule has 1 nitrogen and oxygen atoms in total. The summed E-state index contributed by atoms with van der Waals surface area (Å²) in [6, 6.07) is 5.21. The molecule has 0 bridgehead atoms. The largest absolute Gasteiger partial charge is 0.294 e. The topological polar surface area (TPSA) is 17.1 Å².